The number of piperidine rings is 1. The summed E-state index contributed by atoms with van der Waals surface area (Å²) in [4.78, 5) is 25.0. The molecule has 1 aromatic carbocycles. The minimum Gasteiger partial charge on any atom is -0.341 e. The molecule has 1 saturated heterocycles. The molecule has 1 N–H and O–H groups in total. The number of halogens is 6. The van der Waals surface area contributed by atoms with Gasteiger partial charge in [0.1, 0.15) is 17.8 Å². The molecule has 1 fully saturated rings. The fourth-order valence-electron chi connectivity index (χ4n) is 5.75. The van der Waals surface area contributed by atoms with Crippen molar-refractivity contribution in [1.29, 1.82) is 0 Å². The first-order valence-corrected chi connectivity index (χ1v) is 14.0. The third kappa shape index (κ3) is 5.34. The van der Waals surface area contributed by atoms with Crippen molar-refractivity contribution in [1.82, 2.24) is 25.1 Å². The Bertz CT molecular complexity index is 1490. The van der Waals surface area contributed by atoms with Gasteiger partial charge in [-0.3, -0.25) is 19.8 Å². The van der Waals surface area contributed by atoms with E-state index in [4.69, 9.17) is 9.82 Å². The molecule has 0 unspecified atom stereocenters. The minimum atomic E-state index is -5.08. The molecule has 0 radical (unpaired) electrons. The number of nitrogens with one attached hydrogen (secondary N) is 1. The number of hydroxylamine groups is 1. The Balaban J connectivity index is 1.10. The SMILES string of the molecule is O=C(Cn1nc(C(F)(F)F)cc1C(F)(F)F)N1CCC(c2nc(C3=C[C@@]4(CCCc5ccccc54)ON3)cs2)CC1. The van der Waals surface area contributed by atoms with Gasteiger partial charge in [-0.15, -0.1) is 11.3 Å². The number of alkyl halides is 6. The molecule has 14 heteroatoms. The minimum absolute atomic E-state index is 0.0392. The quantitative estimate of drug-likeness (QED) is 0.380. The number of nitrogens with zero attached hydrogens (tertiary/aromatic N) is 4. The smallest absolute Gasteiger partial charge is 0.341 e. The highest BCUT2D eigenvalue weighted by molar-refractivity contribution is 7.09. The number of benzene rings is 1. The van der Waals surface area contributed by atoms with Gasteiger partial charge in [0.2, 0.25) is 5.91 Å². The number of fused-ring (bicyclic) bond motifs is 2. The van der Waals surface area contributed by atoms with E-state index in [9.17, 15) is 31.1 Å². The summed E-state index contributed by atoms with van der Waals surface area (Å²) in [5.74, 6) is -0.682. The molecule has 41 heavy (non-hydrogen) atoms. The van der Waals surface area contributed by atoms with E-state index in [0.717, 1.165) is 41.2 Å². The summed E-state index contributed by atoms with van der Waals surface area (Å²) in [6.07, 6.45) is -4.14. The molecular formula is C27H25F6N5O2S. The van der Waals surface area contributed by atoms with Crippen LogP contribution in [0.1, 0.15) is 64.8 Å². The molecule has 4 heterocycles. The number of aryl methyl sites for hydroxylation is 1. The molecule has 2 aliphatic heterocycles. The van der Waals surface area contributed by atoms with Crippen molar-refractivity contribution in [2.75, 3.05) is 13.1 Å². The fourth-order valence-corrected chi connectivity index (χ4v) is 6.75. The lowest BCUT2D eigenvalue weighted by Crippen LogP contribution is -2.40. The number of carbonyl (C=O) groups is 1. The summed E-state index contributed by atoms with van der Waals surface area (Å²) >= 11 is 1.49. The van der Waals surface area contributed by atoms with E-state index in [-0.39, 0.29) is 29.8 Å². The van der Waals surface area contributed by atoms with Crippen LogP contribution in [0, 0.1) is 0 Å². The number of thiazole rings is 1. The van der Waals surface area contributed by atoms with Crippen molar-refractivity contribution in [2.45, 2.75) is 62.5 Å². The monoisotopic (exact) mass is 597 g/mol. The van der Waals surface area contributed by atoms with Gasteiger partial charge in [0.05, 0.1) is 16.4 Å². The molecule has 1 spiro atoms. The lowest BCUT2D eigenvalue weighted by Gasteiger charge is -2.32. The van der Waals surface area contributed by atoms with Crippen LogP contribution in [0.2, 0.25) is 0 Å². The topological polar surface area (TPSA) is 72.3 Å². The average molecular weight is 598 g/mol. The molecule has 7 nitrogen and oxygen atoms in total. The Morgan fingerprint density at radius 3 is 2.61 bits per heavy atom. The van der Waals surface area contributed by atoms with Crippen LogP contribution in [-0.4, -0.2) is 38.7 Å². The van der Waals surface area contributed by atoms with Crippen molar-refractivity contribution in [3.8, 4) is 0 Å². The Labute approximate surface area is 234 Å². The number of amides is 1. The molecule has 218 valence electrons. The van der Waals surface area contributed by atoms with Gasteiger partial charge < -0.3 is 4.90 Å². The maximum absolute atomic E-state index is 13.3. The molecule has 3 aliphatic rings. The first-order valence-electron chi connectivity index (χ1n) is 13.1. The largest absolute Gasteiger partial charge is 0.435 e. The Morgan fingerprint density at radius 2 is 1.88 bits per heavy atom. The predicted octanol–water partition coefficient (Wildman–Crippen LogP) is 5.89. The highest BCUT2D eigenvalue weighted by Crippen LogP contribution is 2.44. The van der Waals surface area contributed by atoms with Crippen molar-refractivity contribution < 1.29 is 36.0 Å². The van der Waals surface area contributed by atoms with E-state index >= 15 is 0 Å². The van der Waals surface area contributed by atoms with Crippen molar-refractivity contribution in [3.63, 3.8) is 0 Å². The van der Waals surface area contributed by atoms with Crippen LogP contribution in [0.4, 0.5) is 26.3 Å². The third-order valence-electron chi connectivity index (χ3n) is 7.83. The average Bonchev–Trinajstić information content (AvgIpc) is 3.68. The normalized spacial score (nSPS) is 21.6. The van der Waals surface area contributed by atoms with Gasteiger partial charge in [0.15, 0.2) is 5.69 Å². The number of carbonyl (C=O) groups excluding carboxylic acids is 1. The molecule has 1 amide bonds. The van der Waals surface area contributed by atoms with E-state index in [1.54, 1.807) is 0 Å². The second kappa shape index (κ2) is 10.2. The van der Waals surface area contributed by atoms with Gasteiger partial charge in [-0.1, -0.05) is 24.3 Å². The summed E-state index contributed by atoms with van der Waals surface area (Å²) in [7, 11) is 0. The second-order valence-corrected chi connectivity index (χ2v) is 11.3. The van der Waals surface area contributed by atoms with Crippen LogP contribution in [0.25, 0.3) is 5.70 Å². The Hall–Kier alpha value is -3.39. The lowest BCUT2D eigenvalue weighted by molar-refractivity contribution is -0.146. The van der Waals surface area contributed by atoms with Crippen LogP contribution in [0.15, 0.2) is 41.8 Å². The van der Waals surface area contributed by atoms with Crippen molar-refractivity contribution in [2.24, 2.45) is 0 Å². The summed E-state index contributed by atoms with van der Waals surface area (Å²) < 4.78 is 78.8. The van der Waals surface area contributed by atoms with Crippen LogP contribution in [-0.2, 0) is 40.6 Å². The maximum Gasteiger partial charge on any atom is 0.435 e. The van der Waals surface area contributed by atoms with E-state index < -0.39 is 41.8 Å². The fraction of sp³-hybridized carbons (Fsp3) is 0.444. The van der Waals surface area contributed by atoms with Crippen molar-refractivity contribution >= 4 is 22.9 Å². The van der Waals surface area contributed by atoms with E-state index in [2.05, 4.69) is 28.8 Å². The number of rotatable bonds is 4. The summed E-state index contributed by atoms with van der Waals surface area (Å²) in [6.45, 7) is -0.435. The third-order valence-corrected chi connectivity index (χ3v) is 8.84. The Morgan fingerprint density at radius 1 is 1.12 bits per heavy atom. The van der Waals surface area contributed by atoms with Crippen LogP contribution < -0.4 is 5.48 Å². The highest BCUT2D eigenvalue weighted by Gasteiger charge is 2.43. The van der Waals surface area contributed by atoms with Gasteiger partial charge in [-0.2, -0.15) is 31.4 Å². The van der Waals surface area contributed by atoms with Gasteiger partial charge in [0.25, 0.3) is 0 Å². The Kier molecular flexibility index (Phi) is 6.88. The standard InChI is InChI=1S/C27H25F6N5O2S/c28-26(29,30)21-12-22(27(31,32)33)38(35-21)14-23(39)37-10-7-17(8-11-37)24-34-20(15-41-24)19-13-25(40-36-19)9-3-5-16-4-1-2-6-18(16)25/h1-2,4,6,12-13,15,17,36H,3,5,7-11,14H2/t25-/m1/s1. The zero-order valence-corrected chi connectivity index (χ0v) is 22.4. The summed E-state index contributed by atoms with van der Waals surface area (Å²) in [5, 5.41) is 5.84. The van der Waals surface area contributed by atoms with Gasteiger partial charge in [-0.05, 0) is 49.3 Å². The van der Waals surface area contributed by atoms with Crippen LogP contribution in [0.5, 0.6) is 0 Å². The zero-order valence-electron chi connectivity index (χ0n) is 21.6. The number of hydrogen-bond donors (Lipinski definition) is 1. The molecule has 3 aromatic rings. The predicted molar refractivity (Wildman–Crippen MR) is 136 cm³/mol. The molecule has 1 aliphatic carbocycles. The number of hydrogen-bond acceptors (Lipinski definition) is 6. The highest BCUT2D eigenvalue weighted by atomic mass is 32.1. The first-order chi connectivity index (χ1) is 19.4. The van der Waals surface area contributed by atoms with E-state index in [0.29, 0.717) is 12.8 Å². The number of aromatic nitrogens is 3. The van der Waals surface area contributed by atoms with E-state index in [1.165, 1.54) is 21.8 Å². The molecular weight excluding hydrogens is 572 g/mol. The van der Waals surface area contributed by atoms with Crippen molar-refractivity contribution in [3.05, 3.63) is 75.0 Å². The molecule has 2 aromatic heterocycles. The summed E-state index contributed by atoms with van der Waals surface area (Å²) in [5.41, 5.74) is 3.17. The zero-order chi connectivity index (χ0) is 29.0. The van der Waals surface area contributed by atoms with Crippen LogP contribution >= 0.6 is 11.3 Å². The van der Waals surface area contributed by atoms with E-state index in [1.807, 2.05) is 17.5 Å². The molecule has 0 bridgehead atoms. The molecule has 1 atom stereocenters. The lowest BCUT2D eigenvalue weighted by atomic mass is 9.79. The maximum atomic E-state index is 13.3. The van der Waals surface area contributed by atoms with Gasteiger partial charge in [0, 0.05) is 30.5 Å². The van der Waals surface area contributed by atoms with Gasteiger partial charge in [-0.25, -0.2) is 4.98 Å². The van der Waals surface area contributed by atoms with Crippen LogP contribution in [0.3, 0.4) is 0 Å². The second-order valence-electron chi connectivity index (χ2n) is 10.5. The molecule has 0 saturated carbocycles. The summed E-state index contributed by atoms with van der Waals surface area (Å²) in [6, 6.07) is 8.16. The molecule has 6 rings (SSSR count). The van der Waals surface area contributed by atoms with Gasteiger partial charge >= 0.3 is 12.4 Å². The first kappa shape index (κ1) is 27.8. The number of likely N-dealkylation sites (tertiary alicyclic amines) is 1.